The molecule has 1 aromatic heterocycles. The van der Waals surface area contributed by atoms with E-state index in [4.69, 9.17) is 16.3 Å². The number of aromatic hydroxyl groups is 1. The van der Waals surface area contributed by atoms with E-state index in [1.54, 1.807) is 60.7 Å². The molecule has 29 heavy (non-hydrogen) atoms. The molecule has 3 aromatic carbocycles. The van der Waals surface area contributed by atoms with Crippen LogP contribution in [0.1, 0.15) is 15.9 Å². The van der Waals surface area contributed by atoms with Gasteiger partial charge in [-0.15, -0.1) is 10.2 Å². The van der Waals surface area contributed by atoms with Crippen LogP contribution in [0.15, 0.2) is 83.0 Å². The molecule has 0 fully saturated rings. The van der Waals surface area contributed by atoms with Gasteiger partial charge >= 0.3 is 0 Å². The zero-order chi connectivity index (χ0) is 20.2. The van der Waals surface area contributed by atoms with E-state index < -0.39 is 5.91 Å². The summed E-state index contributed by atoms with van der Waals surface area (Å²) < 4.78 is 5.68. The van der Waals surface area contributed by atoms with Gasteiger partial charge < -0.3 is 14.8 Å². The highest BCUT2D eigenvalue weighted by atomic mass is 35.5. The fraction of sp³-hybridized carbons (Fsp3) is 0.0455. The number of aromatic nitrogens is 1. The molecule has 0 aliphatic heterocycles. The van der Waals surface area contributed by atoms with Crippen molar-refractivity contribution in [3.63, 3.8) is 0 Å². The van der Waals surface area contributed by atoms with Crippen LogP contribution in [-0.2, 0) is 6.61 Å². The number of azo groups is 1. The number of amides is 1. The van der Waals surface area contributed by atoms with Crippen molar-refractivity contribution in [2.75, 3.05) is 0 Å². The predicted octanol–water partition coefficient (Wildman–Crippen LogP) is 6.03. The van der Waals surface area contributed by atoms with Crippen LogP contribution in [0.3, 0.4) is 0 Å². The Balaban J connectivity index is 1.43. The normalized spacial score (nSPS) is 11.2. The van der Waals surface area contributed by atoms with Gasteiger partial charge in [0.1, 0.15) is 12.4 Å². The Kier molecular flexibility index (Phi) is 5.27. The average Bonchev–Trinajstić information content (AvgIpc) is 3.07. The van der Waals surface area contributed by atoms with Crippen LogP contribution in [0.25, 0.3) is 10.9 Å². The summed E-state index contributed by atoms with van der Waals surface area (Å²) in [6.45, 7) is 0.362. The molecule has 4 rings (SSSR count). The second-order valence-electron chi connectivity index (χ2n) is 6.31. The first-order valence-corrected chi connectivity index (χ1v) is 9.21. The highest BCUT2D eigenvalue weighted by Crippen LogP contribution is 2.35. The van der Waals surface area contributed by atoms with E-state index in [2.05, 4.69) is 15.2 Å². The zero-order valence-electron chi connectivity index (χ0n) is 15.2. The number of hydrogen-bond acceptors (Lipinski definition) is 4. The third kappa shape index (κ3) is 4.28. The van der Waals surface area contributed by atoms with Crippen LogP contribution in [0.2, 0.25) is 5.02 Å². The average molecular weight is 406 g/mol. The zero-order valence-corrected chi connectivity index (χ0v) is 15.9. The van der Waals surface area contributed by atoms with Gasteiger partial charge in [-0.1, -0.05) is 41.9 Å². The van der Waals surface area contributed by atoms with E-state index in [0.29, 0.717) is 28.3 Å². The van der Waals surface area contributed by atoms with E-state index in [0.717, 1.165) is 11.1 Å². The Hall–Kier alpha value is -3.64. The minimum absolute atomic E-state index is 0.127. The maximum atomic E-state index is 12.3. The number of ether oxygens (including phenoxy) is 1. The van der Waals surface area contributed by atoms with Crippen molar-refractivity contribution in [1.29, 1.82) is 0 Å². The molecule has 2 N–H and O–H groups in total. The Labute approximate surface area is 171 Å². The van der Waals surface area contributed by atoms with Crippen molar-refractivity contribution < 1.29 is 14.6 Å². The van der Waals surface area contributed by atoms with Crippen LogP contribution in [0, 0.1) is 0 Å². The van der Waals surface area contributed by atoms with Crippen molar-refractivity contribution in [2.24, 2.45) is 10.2 Å². The van der Waals surface area contributed by atoms with Gasteiger partial charge in [-0.25, -0.2) is 0 Å². The van der Waals surface area contributed by atoms with E-state index in [1.807, 2.05) is 12.1 Å². The number of halogens is 1. The topological polar surface area (TPSA) is 87.0 Å². The van der Waals surface area contributed by atoms with E-state index in [-0.39, 0.29) is 11.6 Å². The molecule has 0 spiro atoms. The molecule has 7 heteroatoms. The fourth-order valence-corrected chi connectivity index (χ4v) is 2.93. The van der Waals surface area contributed by atoms with Gasteiger partial charge in [0.05, 0.1) is 5.52 Å². The van der Waals surface area contributed by atoms with Gasteiger partial charge in [0.15, 0.2) is 5.69 Å². The molecule has 0 atom stereocenters. The highest BCUT2D eigenvalue weighted by molar-refractivity contribution is 6.30. The van der Waals surface area contributed by atoms with Crippen LogP contribution in [0.5, 0.6) is 11.6 Å². The number of carbonyl (C=O) groups is 1. The summed E-state index contributed by atoms with van der Waals surface area (Å²) in [7, 11) is 0. The van der Waals surface area contributed by atoms with Crippen LogP contribution in [0.4, 0.5) is 5.69 Å². The summed E-state index contributed by atoms with van der Waals surface area (Å²) >= 11 is 5.85. The van der Waals surface area contributed by atoms with E-state index in [1.165, 1.54) is 0 Å². The summed E-state index contributed by atoms with van der Waals surface area (Å²) in [6.07, 6.45) is 0. The number of para-hydroxylation sites is 1. The summed E-state index contributed by atoms with van der Waals surface area (Å²) in [5.41, 5.74) is 2.25. The molecule has 1 amide bonds. The number of fused-ring (bicyclic) bond motifs is 1. The largest absolute Gasteiger partial charge is 0.493 e. The summed E-state index contributed by atoms with van der Waals surface area (Å²) in [4.78, 5) is 15.1. The van der Waals surface area contributed by atoms with Crippen molar-refractivity contribution in [2.45, 2.75) is 6.61 Å². The lowest BCUT2D eigenvalue weighted by molar-refractivity contribution is 0.0995. The standard InChI is InChI=1S/C22H16ClN3O3/c23-16-9-11-17(12-10-16)29-13-14-5-7-15(8-6-14)21(27)26-25-20-18-3-1-2-4-19(18)24-22(20)28/h1-12,24,28H,13H2. The van der Waals surface area contributed by atoms with Gasteiger partial charge in [0, 0.05) is 16.0 Å². The molecule has 0 unspecified atom stereocenters. The first kappa shape index (κ1) is 18.7. The number of rotatable bonds is 5. The maximum Gasteiger partial charge on any atom is 0.295 e. The van der Waals surface area contributed by atoms with Crippen molar-refractivity contribution in [1.82, 2.24) is 4.98 Å². The molecule has 4 aromatic rings. The third-order valence-corrected chi connectivity index (χ3v) is 4.57. The fourth-order valence-electron chi connectivity index (χ4n) is 2.81. The Morgan fingerprint density at radius 1 is 1.00 bits per heavy atom. The molecule has 0 aliphatic rings. The second kappa shape index (κ2) is 8.16. The van der Waals surface area contributed by atoms with Gasteiger partial charge in [0.25, 0.3) is 5.91 Å². The smallest absolute Gasteiger partial charge is 0.295 e. The van der Waals surface area contributed by atoms with Crippen LogP contribution < -0.4 is 4.74 Å². The van der Waals surface area contributed by atoms with Crippen LogP contribution >= 0.6 is 11.6 Å². The lowest BCUT2D eigenvalue weighted by atomic mass is 10.1. The molecule has 1 heterocycles. The summed E-state index contributed by atoms with van der Waals surface area (Å²) in [5.74, 6) is 0.0826. The first-order valence-electron chi connectivity index (χ1n) is 8.83. The molecule has 0 bridgehead atoms. The molecular weight excluding hydrogens is 390 g/mol. The minimum Gasteiger partial charge on any atom is -0.493 e. The number of aromatic amines is 1. The monoisotopic (exact) mass is 405 g/mol. The molecule has 0 saturated heterocycles. The quantitative estimate of drug-likeness (QED) is 0.397. The van der Waals surface area contributed by atoms with Gasteiger partial charge in [0.2, 0.25) is 5.88 Å². The first-order chi connectivity index (χ1) is 14.1. The Morgan fingerprint density at radius 2 is 1.72 bits per heavy atom. The summed E-state index contributed by atoms with van der Waals surface area (Å²) in [6, 6.07) is 21.3. The molecule has 144 valence electrons. The van der Waals surface area contributed by atoms with Crippen molar-refractivity contribution in [3.8, 4) is 11.6 Å². The number of H-pyrrole nitrogens is 1. The summed E-state index contributed by atoms with van der Waals surface area (Å²) in [5, 5.41) is 19.0. The third-order valence-electron chi connectivity index (χ3n) is 4.32. The Morgan fingerprint density at radius 3 is 2.48 bits per heavy atom. The van der Waals surface area contributed by atoms with Gasteiger partial charge in [-0.05, 0) is 48.0 Å². The highest BCUT2D eigenvalue weighted by Gasteiger charge is 2.11. The number of benzene rings is 3. The van der Waals surface area contributed by atoms with Gasteiger partial charge in [-0.2, -0.15) is 0 Å². The van der Waals surface area contributed by atoms with Crippen LogP contribution in [-0.4, -0.2) is 16.0 Å². The predicted molar refractivity (Wildman–Crippen MR) is 111 cm³/mol. The van der Waals surface area contributed by atoms with E-state index >= 15 is 0 Å². The lowest BCUT2D eigenvalue weighted by Crippen LogP contribution is -1.98. The molecule has 0 saturated carbocycles. The lowest BCUT2D eigenvalue weighted by Gasteiger charge is -2.06. The molecule has 6 nitrogen and oxygen atoms in total. The minimum atomic E-state index is -0.500. The Bertz CT molecular complexity index is 1180. The molecule has 0 aliphatic carbocycles. The number of nitrogens with one attached hydrogen (secondary N) is 1. The van der Waals surface area contributed by atoms with Crippen molar-refractivity contribution >= 4 is 34.1 Å². The van der Waals surface area contributed by atoms with Gasteiger partial charge in [-0.3, -0.25) is 4.79 Å². The SMILES string of the molecule is O=C(N=Nc1c(O)[nH]c2ccccc12)c1ccc(COc2ccc(Cl)cc2)cc1. The molecule has 0 radical (unpaired) electrons. The maximum absolute atomic E-state index is 12.3. The number of carbonyl (C=O) groups excluding carboxylic acids is 1. The number of nitrogens with zero attached hydrogens (tertiary/aromatic N) is 2. The van der Waals surface area contributed by atoms with E-state index in [9.17, 15) is 9.90 Å². The van der Waals surface area contributed by atoms with Crippen molar-refractivity contribution in [3.05, 3.63) is 88.9 Å². The number of hydrogen-bond donors (Lipinski definition) is 2. The molecular formula is C22H16ClN3O3. The second-order valence-corrected chi connectivity index (χ2v) is 6.75.